The maximum absolute atomic E-state index is 12.8. The molecule has 0 radical (unpaired) electrons. The van der Waals surface area contributed by atoms with Crippen LogP contribution in [0.25, 0.3) is 10.8 Å². The molecule has 1 aliphatic rings. The summed E-state index contributed by atoms with van der Waals surface area (Å²) in [6.07, 6.45) is 0.377. The van der Waals surface area contributed by atoms with Gasteiger partial charge in [-0.3, -0.25) is 9.69 Å². The van der Waals surface area contributed by atoms with Crippen molar-refractivity contribution in [2.45, 2.75) is 25.6 Å². The fraction of sp³-hybridized carbons (Fsp3) is 0.320. The molecule has 3 aromatic rings. The van der Waals surface area contributed by atoms with E-state index in [0.29, 0.717) is 19.6 Å². The van der Waals surface area contributed by atoms with Gasteiger partial charge >= 0.3 is 0 Å². The van der Waals surface area contributed by atoms with E-state index >= 15 is 0 Å². The second-order valence-corrected chi connectivity index (χ2v) is 7.81. The summed E-state index contributed by atoms with van der Waals surface area (Å²) < 4.78 is 5.90. The number of fused-ring (bicyclic) bond motifs is 1. The molecule has 1 amide bonds. The van der Waals surface area contributed by atoms with Crippen LogP contribution in [-0.2, 0) is 22.6 Å². The van der Waals surface area contributed by atoms with Gasteiger partial charge in [-0.15, -0.1) is 0 Å². The van der Waals surface area contributed by atoms with Crippen LogP contribution in [0.15, 0.2) is 72.8 Å². The van der Waals surface area contributed by atoms with Crippen LogP contribution in [-0.4, -0.2) is 48.6 Å². The first-order valence-corrected chi connectivity index (χ1v) is 10.3. The minimum atomic E-state index is -0.0464. The normalized spacial score (nSPS) is 17.3. The van der Waals surface area contributed by atoms with Crippen LogP contribution in [0, 0.1) is 0 Å². The molecule has 1 unspecified atom stereocenters. The monoisotopic (exact) mass is 388 g/mol. The lowest BCUT2D eigenvalue weighted by Crippen LogP contribution is -2.44. The van der Waals surface area contributed by atoms with Crippen LogP contribution in [0.1, 0.15) is 17.5 Å². The van der Waals surface area contributed by atoms with Crippen molar-refractivity contribution in [3.8, 4) is 0 Å². The molecule has 1 aliphatic heterocycles. The molecule has 3 aromatic carbocycles. The fourth-order valence-electron chi connectivity index (χ4n) is 4.01. The highest BCUT2D eigenvalue weighted by atomic mass is 16.5. The Labute approximate surface area is 172 Å². The van der Waals surface area contributed by atoms with Gasteiger partial charge in [-0.25, -0.2) is 0 Å². The second kappa shape index (κ2) is 9.21. The number of hydrogen-bond acceptors (Lipinski definition) is 3. The van der Waals surface area contributed by atoms with Gasteiger partial charge in [0.15, 0.2) is 0 Å². The Morgan fingerprint density at radius 2 is 1.79 bits per heavy atom. The standard InChI is InChI=1S/C25H28N2O2/c1-26(18-22-12-7-11-21-10-5-6-13-24(21)22)25(28)16-23-19-27(14-15-29-23)17-20-8-3-2-4-9-20/h2-13,23H,14-19H2,1H3. The average molecular weight is 389 g/mol. The molecule has 1 atom stereocenters. The van der Waals surface area contributed by atoms with Gasteiger partial charge in [-0.2, -0.15) is 0 Å². The Kier molecular flexibility index (Phi) is 6.23. The summed E-state index contributed by atoms with van der Waals surface area (Å²) in [5.74, 6) is 0.129. The molecule has 0 saturated carbocycles. The van der Waals surface area contributed by atoms with Gasteiger partial charge in [0.2, 0.25) is 5.91 Å². The van der Waals surface area contributed by atoms with Crippen LogP contribution in [0.5, 0.6) is 0 Å². The summed E-state index contributed by atoms with van der Waals surface area (Å²) in [5.41, 5.74) is 2.47. The van der Waals surface area contributed by atoms with Gasteiger partial charge < -0.3 is 9.64 Å². The van der Waals surface area contributed by atoms with Crippen LogP contribution in [0.2, 0.25) is 0 Å². The van der Waals surface area contributed by atoms with Crippen molar-refractivity contribution in [3.63, 3.8) is 0 Å². The van der Waals surface area contributed by atoms with Crippen molar-refractivity contribution in [1.29, 1.82) is 0 Å². The Balaban J connectivity index is 1.34. The van der Waals surface area contributed by atoms with Crippen molar-refractivity contribution in [2.24, 2.45) is 0 Å². The highest BCUT2D eigenvalue weighted by Gasteiger charge is 2.24. The molecular weight excluding hydrogens is 360 g/mol. The quantitative estimate of drug-likeness (QED) is 0.638. The smallest absolute Gasteiger partial charge is 0.225 e. The third-order valence-electron chi connectivity index (χ3n) is 5.59. The van der Waals surface area contributed by atoms with Crippen LogP contribution < -0.4 is 0 Å². The number of rotatable bonds is 6. The van der Waals surface area contributed by atoms with Crippen LogP contribution in [0.4, 0.5) is 0 Å². The van der Waals surface area contributed by atoms with Crippen molar-refractivity contribution in [3.05, 3.63) is 83.9 Å². The van der Waals surface area contributed by atoms with Crippen molar-refractivity contribution >= 4 is 16.7 Å². The molecule has 0 N–H and O–H groups in total. The van der Waals surface area contributed by atoms with E-state index in [1.807, 2.05) is 30.1 Å². The first-order valence-electron chi connectivity index (χ1n) is 10.3. The highest BCUT2D eigenvalue weighted by molar-refractivity contribution is 5.86. The van der Waals surface area contributed by atoms with Crippen molar-refractivity contribution < 1.29 is 9.53 Å². The lowest BCUT2D eigenvalue weighted by molar-refractivity contribution is -0.135. The summed E-state index contributed by atoms with van der Waals surface area (Å²) in [7, 11) is 1.88. The number of hydrogen-bond donors (Lipinski definition) is 0. The summed E-state index contributed by atoms with van der Waals surface area (Å²) in [6, 6.07) is 25.1. The summed E-state index contributed by atoms with van der Waals surface area (Å²) in [4.78, 5) is 17.0. The molecular formula is C25H28N2O2. The third-order valence-corrected chi connectivity index (χ3v) is 5.59. The molecule has 1 heterocycles. The minimum Gasteiger partial charge on any atom is -0.375 e. The van der Waals surface area contributed by atoms with Gasteiger partial charge in [0, 0.05) is 33.2 Å². The number of nitrogens with zero attached hydrogens (tertiary/aromatic N) is 2. The lowest BCUT2D eigenvalue weighted by Gasteiger charge is -2.33. The molecule has 4 nitrogen and oxygen atoms in total. The molecule has 0 aliphatic carbocycles. The Bertz CT molecular complexity index is 952. The highest BCUT2D eigenvalue weighted by Crippen LogP contribution is 2.20. The number of ether oxygens (including phenoxy) is 1. The predicted octanol–water partition coefficient (Wildman–Crippen LogP) is 4.09. The van der Waals surface area contributed by atoms with E-state index in [1.54, 1.807) is 0 Å². The second-order valence-electron chi connectivity index (χ2n) is 7.81. The molecule has 1 saturated heterocycles. The maximum atomic E-state index is 12.8. The van der Waals surface area contributed by atoms with Crippen molar-refractivity contribution in [2.75, 3.05) is 26.7 Å². The molecule has 0 bridgehead atoms. The molecule has 29 heavy (non-hydrogen) atoms. The minimum absolute atomic E-state index is 0.0464. The number of amides is 1. The number of carbonyl (C=O) groups excluding carboxylic acids is 1. The van der Waals surface area contributed by atoms with E-state index in [9.17, 15) is 4.79 Å². The molecule has 1 fully saturated rings. The largest absolute Gasteiger partial charge is 0.375 e. The van der Waals surface area contributed by atoms with E-state index in [4.69, 9.17) is 4.74 Å². The predicted molar refractivity (Wildman–Crippen MR) is 116 cm³/mol. The molecule has 4 rings (SSSR count). The first kappa shape index (κ1) is 19.6. The van der Waals surface area contributed by atoms with Gasteiger partial charge in [0.05, 0.1) is 19.1 Å². The summed E-state index contributed by atoms with van der Waals surface area (Å²) in [6.45, 7) is 3.90. The first-order chi connectivity index (χ1) is 14.2. The van der Waals surface area contributed by atoms with Gasteiger partial charge in [-0.1, -0.05) is 72.8 Å². The lowest BCUT2D eigenvalue weighted by atomic mass is 10.0. The zero-order chi connectivity index (χ0) is 20.1. The zero-order valence-electron chi connectivity index (χ0n) is 17.0. The fourth-order valence-corrected chi connectivity index (χ4v) is 4.01. The van der Waals surface area contributed by atoms with Gasteiger partial charge in [-0.05, 0) is 21.9 Å². The zero-order valence-corrected chi connectivity index (χ0v) is 17.0. The molecule has 150 valence electrons. The van der Waals surface area contributed by atoms with E-state index in [-0.39, 0.29) is 12.0 Å². The number of morpholine rings is 1. The topological polar surface area (TPSA) is 32.8 Å². The van der Waals surface area contributed by atoms with E-state index in [1.165, 1.54) is 21.9 Å². The molecule has 0 spiro atoms. The molecule has 0 aromatic heterocycles. The van der Waals surface area contributed by atoms with Gasteiger partial charge in [0.1, 0.15) is 0 Å². The van der Waals surface area contributed by atoms with Crippen LogP contribution in [0.3, 0.4) is 0 Å². The van der Waals surface area contributed by atoms with E-state index in [0.717, 1.165) is 19.6 Å². The number of carbonyl (C=O) groups is 1. The third kappa shape index (κ3) is 5.03. The Morgan fingerprint density at radius 3 is 2.66 bits per heavy atom. The van der Waals surface area contributed by atoms with Gasteiger partial charge in [0.25, 0.3) is 0 Å². The van der Waals surface area contributed by atoms with Crippen molar-refractivity contribution in [1.82, 2.24) is 9.80 Å². The van der Waals surface area contributed by atoms with E-state index < -0.39 is 0 Å². The summed E-state index contributed by atoms with van der Waals surface area (Å²) in [5, 5.41) is 2.41. The number of benzene rings is 3. The van der Waals surface area contributed by atoms with E-state index in [2.05, 4.69) is 59.5 Å². The Hall–Kier alpha value is -2.69. The molecule has 4 heteroatoms. The SMILES string of the molecule is CN(Cc1cccc2ccccc12)C(=O)CC1CN(Cc2ccccc2)CCO1. The summed E-state index contributed by atoms with van der Waals surface area (Å²) >= 11 is 0. The maximum Gasteiger partial charge on any atom is 0.225 e. The van der Waals surface area contributed by atoms with Crippen LogP contribution >= 0.6 is 0 Å². The Morgan fingerprint density at radius 1 is 1.03 bits per heavy atom. The average Bonchev–Trinajstić information content (AvgIpc) is 2.75.